The van der Waals surface area contributed by atoms with Crippen molar-refractivity contribution < 1.29 is 4.79 Å². The van der Waals surface area contributed by atoms with E-state index in [4.69, 9.17) is 0 Å². The second kappa shape index (κ2) is 4.75. The molecule has 0 bridgehead atoms. The second-order valence-corrected chi connectivity index (χ2v) is 4.31. The number of aromatic nitrogens is 1. The van der Waals surface area contributed by atoms with Crippen LogP contribution in [0.1, 0.15) is 23.3 Å². The lowest BCUT2D eigenvalue weighted by Gasteiger charge is -2.22. The molecule has 4 heteroatoms. The lowest BCUT2D eigenvalue weighted by atomic mass is 10.2. The van der Waals surface area contributed by atoms with Crippen LogP contribution in [0, 0.1) is 0 Å². The molecule has 0 aromatic carbocycles. The molecular formula is C11H13BrN2O. The number of nitrogens with zero attached hydrogens (tertiary/aromatic N) is 2. The number of rotatable bonds is 2. The van der Waals surface area contributed by atoms with Gasteiger partial charge in [-0.15, -0.1) is 0 Å². The van der Waals surface area contributed by atoms with Gasteiger partial charge in [0, 0.05) is 24.1 Å². The summed E-state index contributed by atoms with van der Waals surface area (Å²) in [5, 5.41) is 0.853. The Hall–Kier alpha value is -0.900. The first kappa shape index (κ1) is 10.6. The highest BCUT2D eigenvalue weighted by Crippen LogP contribution is 2.20. The molecule has 1 aliphatic heterocycles. The molecule has 1 amide bonds. The van der Waals surface area contributed by atoms with Gasteiger partial charge in [-0.25, -0.2) is 0 Å². The summed E-state index contributed by atoms with van der Waals surface area (Å²) in [4.78, 5) is 18.1. The Balaban J connectivity index is 2.14. The molecule has 1 saturated heterocycles. The average molecular weight is 269 g/mol. The van der Waals surface area contributed by atoms with Gasteiger partial charge in [0.1, 0.15) is 5.69 Å². The molecule has 0 N–H and O–H groups in total. The molecule has 1 aliphatic rings. The first-order valence-electron chi connectivity index (χ1n) is 5.11. The Kier molecular flexibility index (Phi) is 3.36. The van der Waals surface area contributed by atoms with E-state index in [0.29, 0.717) is 11.7 Å². The van der Waals surface area contributed by atoms with Gasteiger partial charge in [0.25, 0.3) is 5.91 Å². The van der Waals surface area contributed by atoms with Crippen molar-refractivity contribution in [2.24, 2.45) is 0 Å². The van der Waals surface area contributed by atoms with Gasteiger partial charge in [0.05, 0.1) is 0 Å². The number of pyridine rings is 1. The minimum Gasteiger partial charge on any atom is -0.333 e. The van der Waals surface area contributed by atoms with Crippen molar-refractivity contribution in [2.75, 3.05) is 11.9 Å². The van der Waals surface area contributed by atoms with Gasteiger partial charge >= 0.3 is 0 Å². The lowest BCUT2D eigenvalue weighted by molar-refractivity contribution is 0.0744. The third-order valence-corrected chi connectivity index (χ3v) is 3.45. The highest BCUT2D eigenvalue weighted by Gasteiger charge is 2.28. The molecule has 0 aliphatic carbocycles. The molecule has 1 aromatic heterocycles. The molecule has 0 saturated carbocycles. The third-order valence-electron chi connectivity index (χ3n) is 2.70. The monoisotopic (exact) mass is 268 g/mol. The third kappa shape index (κ3) is 2.20. The number of halogens is 1. The van der Waals surface area contributed by atoms with E-state index in [-0.39, 0.29) is 5.91 Å². The summed E-state index contributed by atoms with van der Waals surface area (Å²) < 4.78 is 0. The predicted molar refractivity (Wildman–Crippen MR) is 62.1 cm³/mol. The minimum atomic E-state index is 0.0533. The molecule has 1 unspecified atom stereocenters. The van der Waals surface area contributed by atoms with Crippen molar-refractivity contribution in [1.82, 2.24) is 9.88 Å². The molecule has 0 radical (unpaired) electrons. The number of carbonyl (C=O) groups is 1. The average Bonchev–Trinajstić information content (AvgIpc) is 2.77. The number of likely N-dealkylation sites (tertiary alicyclic amines) is 1. The maximum atomic E-state index is 12.1. The van der Waals surface area contributed by atoms with Crippen molar-refractivity contribution in [2.45, 2.75) is 18.9 Å². The van der Waals surface area contributed by atoms with Crippen LogP contribution in [0.15, 0.2) is 24.4 Å². The summed E-state index contributed by atoms with van der Waals surface area (Å²) in [5.41, 5.74) is 0.547. The van der Waals surface area contributed by atoms with Crippen LogP contribution in [0.25, 0.3) is 0 Å². The van der Waals surface area contributed by atoms with Gasteiger partial charge in [-0.2, -0.15) is 0 Å². The molecule has 15 heavy (non-hydrogen) atoms. The van der Waals surface area contributed by atoms with Crippen LogP contribution in [-0.2, 0) is 0 Å². The van der Waals surface area contributed by atoms with E-state index in [1.165, 1.54) is 0 Å². The summed E-state index contributed by atoms with van der Waals surface area (Å²) in [6.45, 7) is 0.853. The fourth-order valence-electron chi connectivity index (χ4n) is 1.90. The van der Waals surface area contributed by atoms with Crippen LogP contribution in [0.3, 0.4) is 0 Å². The van der Waals surface area contributed by atoms with E-state index >= 15 is 0 Å². The normalized spacial score (nSPS) is 20.6. The molecule has 1 aromatic rings. The van der Waals surface area contributed by atoms with E-state index in [1.807, 2.05) is 17.0 Å². The predicted octanol–water partition coefficient (Wildman–Crippen LogP) is 2.08. The Morgan fingerprint density at radius 1 is 1.60 bits per heavy atom. The van der Waals surface area contributed by atoms with Crippen molar-refractivity contribution in [3.8, 4) is 0 Å². The maximum absolute atomic E-state index is 12.1. The summed E-state index contributed by atoms with van der Waals surface area (Å²) in [6, 6.07) is 5.77. The van der Waals surface area contributed by atoms with Gasteiger partial charge in [-0.1, -0.05) is 22.0 Å². The van der Waals surface area contributed by atoms with Crippen LogP contribution in [0.2, 0.25) is 0 Å². The van der Waals surface area contributed by atoms with Gasteiger partial charge in [0.15, 0.2) is 0 Å². The van der Waals surface area contributed by atoms with Crippen LogP contribution in [-0.4, -0.2) is 33.7 Å². The molecule has 1 atom stereocenters. The van der Waals surface area contributed by atoms with E-state index < -0.39 is 0 Å². The Labute approximate surface area is 97.6 Å². The number of hydrogen-bond donors (Lipinski definition) is 0. The van der Waals surface area contributed by atoms with Crippen LogP contribution in [0.4, 0.5) is 0 Å². The van der Waals surface area contributed by atoms with Crippen molar-refractivity contribution in [3.05, 3.63) is 30.1 Å². The minimum absolute atomic E-state index is 0.0533. The van der Waals surface area contributed by atoms with E-state index in [2.05, 4.69) is 20.9 Å². The van der Waals surface area contributed by atoms with Crippen molar-refractivity contribution in [3.63, 3.8) is 0 Å². The molecule has 0 spiro atoms. The number of amides is 1. The molecule has 80 valence electrons. The molecule has 3 nitrogen and oxygen atoms in total. The van der Waals surface area contributed by atoms with E-state index in [1.54, 1.807) is 12.3 Å². The van der Waals surface area contributed by atoms with Crippen molar-refractivity contribution >= 4 is 21.8 Å². The van der Waals surface area contributed by atoms with Crippen LogP contribution in [0.5, 0.6) is 0 Å². The van der Waals surface area contributed by atoms with Gasteiger partial charge < -0.3 is 4.90 Å². The molecular weight excluding hydrogens is 256 g/mol. The standard InChI is InChI=1S/C11H13BrN2O/c12-8-9-4-3-7-14(9)11(15)10-5-1-2-6-13-10/h1-2,5-6,9H,3-4,7-8H2. The van der Waals surface area contributed by atoms with Gasteiger partial charge in [-0.3, -0.25) is 9.78 Å². The zero-order chi connectivity index (χ0) is 10.7. The van der Waals surface area contributed by atoms with Crippen molar-refractivity contribution in [1.29, 1.82) is 0 Å². The number of alkyl halides is 1. The van der Waals surface area contributed by atoms with E-state index in [0.717, 1.165) is 24.7 Å². The topological polar surface area (TPSA) is 33.2 Å². The summed E-state index contributed by atoms with van der Waals surface area (Å²) in [5.74, 6) is 0.0533. The van der Waals surface area contributed by atoms with Gasteiger partial charge in [0.2, 0.25) is 0 Å². The van der Waals surface area contributed by atoms with Gasteiger partial charge in [-0.05, 0) is 25.0 Å². The number of carbonyl (C=O) groups excluding carboxylic acids is 1. The van der Waals surface area contributed by atoms with Crippen LogP contribution < -0.4 is 0 Å². The largest absolute Gasteiger partial charge is 0.333 e. The summed E-state index contributed by atoms with van der Waals surface area (Å²) in [6.07, 6.45) is 3.84. The Morgan fingerprint density at radius 2 is 2.47 bits per heavy atom. The summed E-state index contributed by atoms with van der Waals surface area (Å²) in [7, 11) is 0. The zero-order valence-corrected chi connectivity index (χ0v) is 9.98. The summed E-state index contributed by atoms with van der Waals surface area (Å²) >= 11 is 3.44. The van der Waals surface area contributed by atoms with Crippen LogP contribution >= 0.6 is 15.9 Å². The second-order valence-electron chi connectivity index (χ2n) is 3.66. The SMILES string of the molecule is O=C(c1ccccn1)N1CCCC1CBr. The maximum Gasteiger partial charge on any atom is 0.272 e. The number of hydrogen-bond acceptors (Lipinski definition) is 2. The highest BCUT2D eigenvalue weighted by molar-refractivity contribution is 9.09. The Bertz CT molecular complexity index is 342. The molecule has 2 rings (SSSR count). The fraction of sp³-hybridized carbons (Fsp3) is 0.455. The fourth-order valence-corrected chi connectivity index (χ4v) is 2.57. The Morgan fingerprint density at radius 3 is 3.13 bits per heavy atom. The first-order chi connectivity index (χ1) is 7.33. The smallest absolute Gasteiger partial charge is 0.272 e. The quantitative estimate of drug-likeness (QED) is 0.770. The highest BCUT2D eigenvalue weighted by atomic mass is 79.9. The molecule has 1 fully saturated rings. The lowest BCUT2D eigenvalue weighted by Crippen LogP contribution is -2.36. The first-order valence-corrected chi connectivity index (χ1v) is 6.23. The van der Waals surface area contributed by atoms with E-state index in [9.17, 15) is 4.79 Å². The zero-order valence-electron chi connectivity index (χ0n) is 8.40. The molecule has 2 heterocycles.